The van der Waals surface area contributed by atoms with Crippen molar-refractivity contribution in [3.63, 3.8) is 0 Å². The van der Waals surface area contributed by atoms with Gasteiger partial charge in [-0.25, -0.2) is 4.39 Å². The van der Waals surface area contributed by atoms with Crippen molar-refractivity contribution in [2.45, 2.75) is 24.3 Å². The van der Waals surface area contributed by atoms with Crippen LogP contribution in [0.15, 0.2) is 83.8 Å². The van der Waals surface area contributed by atoms with Crippen LogP contribution in [0.5, 0.6) is 5.75 Å². The lowest BCUT2D eigenvalue weighted by atomic mass is 10.1. The van der Waals surface area contributed by atoms with Gasteiger partial charge in [0.2, 0.25) is 5.91 Å². The minimum Gasteiger partial charge on any atom is -0.383 e. The van der Waals surface area contributed by atoms with Crippen molar-refractivity contribution in [3.8, 4) is 5.75 Å². The molecule has 33 heavy (non-hydrogen) atoms. The molecule has 0 aromatic heterocycles. The predicted molar refractivity (Wildman–Crippen MR) is 123 cm³/mol. The summed E-state index contributed by atoms with van der Waals surface area (Å²) in [7, 11) is -2.54. The van der Waals surface area contributed by atoms with E-state index in [1.54, 1.807) is 30.2 Å². The van der Waals surface area contributed by atoms with Crippen LogP contribution in [0.1, 0.15) is 17.5 Å². The molecule has 1 amide bonds. The number of methoxy groups -OCH3 is 1. The molecule has 8 heteroatoms. The Balaban J connectivity index is 1.69. The highest BCUT2D eigenvalue weighted by Crippen LogP contribution is 2.21. The number of benzene rings is 3. The highest BCUT2D eigenvalue weighted by Gasteiger charge is 2.18. The van der Waals surface area contributed by atoms with Crippen molar-refractivity contribution >= 4 is 16.0 Å². The molecule has 0 heterocycles. The fraction of sp³-hybridized carbons (Fsp3) is 0.240. The van der Waals surface area contributed by atoms with E-state index in [0.29, 0.717) is 31.6 Å². The lowest BCUT2D eigenvalue weighted by Crippen LogP contribution is -2.33. The minimum atomic E-state index is -4.11. The first kappa shape index (κ1) is 24.4. The number of nitrogens with zero attached hydrogens (tertiary/aromatic N) is 1. The number of carbonyl (C=O) groups is 1. The molecule has 0 unspecified atom stereocenters. The Morgan fingerprint density at radius 1 is 0.939 bits per heavy atom. The molecule has 0 spiro atoms. The van der Waals surface area contributed by atoms with Gasteiger partial charge < -0.3 is 13.8 Å². The molecule has 0 aliphatic heterocycles. The lowest BCUT2D eigenvalue weighted by Gasteiger charge is -2.23. The molecule has 0 N–H and O–H groups in total. The standard InChI is InChI=1S/C25H26FNO5S/c1-31-17-16-27(25(28)15-10-20-6-3-2-4-7-20)19-21-8-5-9-23(18-21)32-33(29,30)24-13-11-22(26)12-14-24/h2-9,11-14,18H,10,15-17,19H2,1H3. The van der Waals surface area contributed by atoms with Crippen LogP contribution < -0.4 is 4.18 Å². The van der Waals surface area contributed by atoms with Crippen molar-refractivity contribution in [1.82, 2.24) is 4.90 Å². The van der Waals surface area contributed by atoms with Gasteiger partial charge in [-0.1, -0.05) is 42.5 Å². The molecular weight excluding hydrogens is 445 g/mol. The number of halogens is 1. The molecular formula is C25H26FNO5S. The van der Waals surface area contributed by atoms with Crippen LogP contribution in [-0.4, -0.2) is 39.5 Å². The van der Waals surface area contributed by atoms with E-state index in [0.717, 1.165) is 29.8 Å². The van der Waals surface area contributed by atoms with Gasteiger partial charge in [0.15, 0.2) is 0 Å². The van der Waals surface area contributed by atoms with E-state index in [4.69, 9.17) is 8.92 Å². The van der Waals surface area contributed by atoms with Gasteiger partial charge in [-0.3, -0.25) is 4.79 Å². The van der Waals surface area contributed by atoms with E-state index in [1.165, 1.54) is 6.07 Å². The molecule has 0 bridgehead atoms. The average Bonchev–Trinajstić information content (AvgIpc) is 2.81. The van der Waals surface area contributed by atoms with Crippen LogP contribution in [0.3, 0.4) is 0 Å². The van der Waals surface area contributed by atoms with Gasteiger partial charge in [-0.2, -0.15) is 8.42 Å². The second-order valence-corrected chi connectivity index (χ2v) is 8.98. The third-order valence-corrected chi connectivity index (χ3v) is 6.23. The summed E-state index contributed by atoms with van der Waals surface area (Å²) in [5, 5.41) is 0. The van der Waals surface area contributed by atoms with Crippen LogP contribution in [0.2, 0.25) is 0 Å². The van der Waals surface area contributed by atoms with Gasteiger partial charge in [0.1, 0.15) is 16.5 Å². The summed E-state index contributed by atoms with van der Waals surface area (Å²) in [4.78, 5) is 14.4. The van der Waals surface area contributed by atoms with Gasteiger partial charge in [-0.15, -0.1) is 0 Å². The quantitative estimate of drug-likeness (QED) is 0.392. The molecule has 174 valence electrons. The second kappa shape index (κ2) is 11.6. The Hall–Kier alpha value is -3.23. The molecule has 3 aromatic carbocycles. The van der Waals surface area contributed by atoms with Gasteiger partial charge in [-0.05, 0) is 53.9 Å². The van der Waals surface area contributed by atoms with Crippen molar-refractivity contribution in [3.05, 3.63) is 95.8 Å². The van der Waals surface area contributed by atoms with Crippen LogP contribution in [0.4, 0.5) is 4.39 Å². The number of hydrogen-bond donors (Lipinski definition) is 0. The van der Waals surface area contributed by atoms with Crippen molar-refractivity contribution in [2.75, 3.05) is 20.3 Å². The average molecular weight is 472 g/mol. The molecule has 3 rings (SSSR count). The Bertz CT molecular complexity index is 1150. The number of rotatable bonds is 11. The van der Waals surface area contributed by atoms with Crippen molar-refractivity contribution < 1.29 is 26.5 Å². The third-order valence-electron chi connectivity index (χ3n) is 4.97. The van der Waals surface area contributed by atoms with Crippen LogP contribution in [-0.2, 0) is 32.6 Å². The zero-order valence-corrected chi connectivity index (χ0v) is 19.1. The van der Waals surface area contributed by atoms with Crippen molar-refractivity contribution in [1.29, 1.82) is 0 Å². The maximum Gasteiger partial charge on any atom is 0.339 e. The number of amides is 1. The topological polar surface area (TPSA) is 72.9 Å². The molecule has 0 aliphatic rings. The molecule has 0 fully saturated rings. The van der Waals surface area contributed by atoms with E-state index < -0.39 is 15.9 Å². The summed E-state index contributed by atoms with van der Waals surface area (Å²) in [5.74, 6) is -0.453. The van der Waals surface area contributed by atoms with E-state index in [9.17, 15) is 17.6 Å². The van der Waals surface area contributed by atoms with Gasteiger partial charge in [0.05, 0.1) is 6.61 Å². The molecule has 3 aromatic rings. The predicted octanol–water partition coefficient (Wildman–Crippen LogP) is 4.20. The summed E-state index contributed by atoms with van der Waals surface area (Å²) in [6.07, 6.45) is 0.977. The Morgan fingerprint density at radius 2 is 1.64 bits per heavy atom. The van der Waals surface area contributed by atoms with Crippen LogP contribution in [0, 0.1) is 5.82 Å². The zero-order chi connectivity index (χ0) is 23.7. The first-order valence-corrected chi connectivity index (χ1v) is 11.9. The van der Waals surface area contributed by atoms with Gasteiger partial charge >= 0.3 is 10.1 Å². The van der Waals surface area contributed by atoms with Gasteiger partial charge in [0, 0.05) is 26.6 Å². The molecule has 0 saturated carbocycles. The molecule has 0 aliphatic carbocycles. The second-order valence-electron chi connectivity index (χ2n) is 7.43. The summed E-state index contributed by atoms with van der Waals surface area (Å²) in [5.41, 5.74) is 1.80. The highest BCUT2D eigenvalue weighted by molar-refractivity contribution is 7.87. The highest BCUT2D eigenvalue weighted by atomic mass is 32.2. The Kier molecular flexibility index (Phi) is 8.57. The largest absolute Gasteiger partial charge is 0.383 e. The van der Waals surface area contributed by atoms with Gasteiger partial charge in [0.25, 0.3) is 0 Å². The molecule has 0 atom stereocenters. The van der Waals surface area contributed by atoms with Crippen molar-refractivity contribution in [2.24, 2.45) is 0 Å². The summed E-state index contributed by atoms with van der Waals surface area (Å²) in [6.45, 7) is 1.07. The molecule has 6 nitrogen and oxygen atoms in total. The number of hydrogen-bond acceptors (Lipinski definition) is 5. The number of carbonyl (C=O) groups excluding carboxylic acids is 1. The summed E-state index contributed by atoms with van der Waals surface area (Å²) in [6, 6.07) is 20.7. The maximum atomic E-state index is 13.1. The fourth-order valence-electron chi connectivity index (χ4n) is 3.24. The smallest absolute Gasteiger partial charge is 0.339 e. The Morgan fingerprint density at radius 3 is 2.33 bits per heavy atom. The van der Waals surface area contributed by atoms with E-state index in [-0.39, 0.29) is 23.1 Å². The monoisotopic (exact) mass is 471 g/mol. The minimum absolute atomic E-state index is 0.0267. The normalized spacial score (nSPS) is 11.2. The SMILES string of the molecule is COCCN(Cc1cccc(OS(=O)(=O)c2ccc(F)cc2)c1)C(=O)CCc1ccccc1. The van der Waals surface area contributed by atoms with E-state index in [2.05, 4.69) is 0 Å². The van der Waals surface area contributed by atoms with Crippen LogP contribution in [0.25, 0.3) is 0 Å². The lowest BCUT2D eigenvalue weighted by molar-refractivity contribution is -0.132. The third kappa shape index (κ3) is 7.40. The first-order valence-electron chi connectivity index (χ1n) is 10.5. The van der Waals surface area contributed by atoms with E-state index >= 15 is 0 Å². The van der Waals surface area contributed by atoms with Crippen LogP contribution >= 0.6 is 0 Å². The fourth-order valence-corrected chi connectivity index (χ4v) is 4.16. The first-order chi connectivity index (χ1) is 15.9. The Labute approximate surface area is 193 Å². The molecule has 0 saturated heterocycles. The number of aryl methyl sites for hydroxylation is 1. The summed E-state index contributed by atoms with van der Waals surface area (Å²) < 4.78 is 48.4. The zero-order valence-electron chi connectivity index (χ0n) is 18.3. The molecule has 0 radical (unpaired) electrons. The number of ether oxygens (including phenoxy) is 1. The maximum absolute atomic E-state index is 13.1. The summed E-state index contributed by atoms with van der Waals surface area (Å²) >= 11 is 0. The van der Waals surface area contributed by atoms with E-state index in [1.807, 2.05) is 30.3 Å².